The first-order valence-corrected chi connectivity index (χ1v) is 6.57. The van der Waals surface area contributed by atoms with Crippen molar-refractivity contribution in [1.29, 1.82) is 0 Å². The number of carbonyl (C=O) groups excluding carboxylic acids is 1. The van der Waals surface area contributed by atoms with Crippen molar-refractivity contribution in [2.45, 2.75) is 51.1 Å². The Hall–Kier alpha value is -1.43. The number of nitrogens with zero attached hydrogens (tertiary/aromatic N) is 3. The van der Waals surface area contributed by atoms with Gasteiger partial charge in [0.1, 0.15) is 6.54 Å². The van der Waals surface area contributed by atoms with E-state index in [1.165, 1.54) is 12.8 Å². The minimum Gasteiger partial charge on any atom is -0.396 e. The molecule has 1 aromatic rings. The predicted molar refractivity (Wildman–Crippen MR) is 65.8 cm³/mol. The molecule has 0 aromatic carbocycles. The van der Waals surface area contributed by atoms with Crippen molar-refractivity contribution >= 4 is 5.91 Å². The van der Waals surface area contributed by atoms with Crippen LogP contribution >= 0.6 is 0 Å². The van der Waals surface area contributed by atoms with Crippen LogP contribution < -0.4 is 5.32 Å². The topological polar surface area (TPSA) is 80.0 Å². The molecule has 6 nitrogen and oxygen atoms in total. The van der Waals surface area contributed by atoms with Gasteiger partial charge < -0.3 is 10.4 Å². The number of hydrogen-bond donors (Lipinski definition) is 2. The van der Waals surface area contributed by atoms with E-state index in [2.05, 4.69) is 15.6 Å². The molecule has 1 saturated carbocycles. The highest BCUT2D eigenvalue weighted by molar-refractivity contribution is 5.75. The number of aromatic nitrogens is 3. The van der Waals surface area contributed by atoms with Crippen molar-refractivity contribution in [3.8, 4) is 0 Å². The van der Waals surface area contributed by atoms with Crippen molar-refractivity contribution in [1.82, 2.24) is 20.3 Å². The van der Waals surface area contributed by atoms with Crippen LogP contribution in [0.2, 0.25) is 0 Å². The average molecular weight is 252 g/mol. The second-order valence-corrected chi connectivity index (χ2v) is 4.78. The second-order valence-electron chi connectivity index (χ2n) is 4.78. The van der Waals surface area contributed by atoms with E-state index < -0.39 is 0 Å². The van der Waals surface area contributed by atoms with Gasteiger partial charge in [-0.25, -0.2) is 4.68 Å². The molecular formula is C12H20N4O2. The summed E-state index contributed by atoms with van der Waals surface area (Å²) >= 11 is 0. The summed E-state index contributed by atoms with van der Waals surface area (Å²) in [7, 11) is 0. The molecule has 0 radical (unpaired) electrons. The molecule has 2 N–H and O–H groups in total. The van der Waals surface area contributed by atoms with Crippen LogP contribution in [-0.4, -0.2) is 38.7 Å². The lowest BCUT2D eigenvalue weighted by Gasteiger charge is -2.11. The molecule has 1 amide bonds. The van der Waals surface area contributed by atoms with Crippen molar-refractivity contribution < 1.29 is 9.90 Å². The monoisotopic (exact) mass is 252 g/mol. The second kappa shape index (κ2) is 6.49. The Morgan fingerprint density at radius 1 is 1.50 bits per heavy atom. The van der Waals surface area contributed by atoms with Crippen LogP contribution in [0.15, 0.2) is 6.20 Å². The maximum atomic E-state index is 11.8. The lowest BCUT2D eigenvalue weighted by Crippen LogP contribution is -2.35. The minimum absolute atomic E-state index is 0.000471. The summed E-state index contributed by atoms with van der Waals surface area (Å²) < 4.78 is 1.55. The number of hydrogen-bond acceptors (Lipinski definition) is 4. The predicted octanol–water partition coefficient (Wildman–Crippen LogP) is 0.262. The molecule has 0 bridgehead atoms. The van der Waals surface area contributed by atoms with Gasteiger partial charge in [0.15, 0.2) is 0 Å². The van der Waals surface area contributed by atoms with Crippen LogP contribution in [0.25, 0.3) is 0 Å². The maximum absolute atomic E-state index is 11.8. The fourth-order valence-corrected chi connectivity index (χ4v) is 2.28. The van der Waals surface area contributed by atoms with Gasteiger partial charge in [0.25, 0.3) is 0 Å². The van der Waals surface area contributed by atoms with E-state index in [1.807, 2.05) is 0 Å². The van der Waals surface area contributed by atoms with Gasteiger partial charge in [0.05, 0.1) is 5.69 Å². The van der Waals surface area contributed by atoms with Crippen molar-refractivity contribution in [2.75, 3.05) is 6.61 Å². The van der Waals surface area contributed by atoms with Gasteiger partial charge in [-0.1, -0.05) is 18.1 Å². The van der Waals surface area contributed by atoms with E-state index in [4.69, 9.17) is 5.11 Å². The number of aliphatic hydroxyl groups is 1. The summed E-state index contributed by atoms with van der Waals surface area (Å²) in [5.74, 6) is 0.000471. The van der Waals surface area contributed by atoms with Crippen LogP contribution in [0.1, 0.15) is 37.8 Å². The van der Waals surface area contributed by atoms with E-state index in [9.17, 15) is 4.79 Å². The summed E-state index contributed by atoms with van der Waals surface area (Å²) in [6, 6.07) is 0.342. The van der Waals surface area contributed by atoms with E-state index in [-0.39, 0.29) is 19.1 Å². The van der Waals surface area contributed by atoms with E-state index in [0.717, 1.165) is 18.5 Å². The summed E-state index contributed by atoms with van der Waals surface area (Å²) in [6.45, 7) is 0.373. The number of nitrogens with one attached hydrogen (secondary N) is 1. The Kier molecular flexibility index (Phi) is 4.69. The van der Waals surface area contributed by atoms with Crippen LogP contribution in [0.4, 0.5) is 0 Å². The summed E-state index contributed by atoms with van der Waals surface area (Å²) in [5, 5.41) is 19.6. The third kappa shape index (κ3) is 3.80. The number of carbonyl (C=O) groups is 1. The molecule has 18 heavy (non-hydrogen) atoms. The van der Waals surface area contributed by atoms with Crippen molar-refractivity contribution in [3.05, 3.63) is 11.9 Å². The molecule has 0 atom stereocenters. The smallest absolute Gasteiger partial charge is 0.242 e. The zero-order chi connectivity index (χ0) is 12.8. The van der Waals surface area contributed by atoms with Crippen LogP contribution in [0.3, 0.4) is 0 Å². The van der Waals surface area contributed by atoms with Gasteiger partial charge in [0, 0.05) is 18.8 Å². The molecule has 1 heterocycles. The van der Waals surface area contributed by atoms with Crippen LogP contribution in [-0.2, 0) is 17.8 Å². The first-order valence-electron chi connectivity index (χ1n) is 6.57. The zero-order valence-corrected chi connectivity index (χ0v) is 10.5. The molecule has 6 heteroatoms. The molecule has 1 aliphatic rings. The Labute approximate surface area is 106 Å². The molecule has 1 aliphatic carbocycles. The fourth-order valence-electron chi connectivity index (χ4n) is 2.28. The molecule has 1 aromatic heterocycles. The minimum atomic E-state index is 0.000471. The van der Waals surface area contributed by atoms with Gasteiger partial charge in [-0.15, -0.1) is 5.10 Å². The zero-order valence-electron chi connectivity index (χ0n) is 10.5. The summed E-state index contributed by atoms with van der Waals surface area (Å²) in [5.41, 5.74) is 0.817. The quantitative estimate of drug-likeness (QED) is 0.761. The number of rotatable bonds is 6. The fraction of sp³-hybridized carbons (Fsp3) is 0.750. The maximum Gasteiger partial charge on any atom is 0.242 e. The molecule has 2 rings (SSSR count). The SMILES string of the molecule is O=C(Cn1cc(CCCO)nn1)NC1CCCC1. The molecule has 0 unspecified atom stereocenters. The summed E-state index contributed by atoms with van der Waals surface area (Å²) in [4.78, 5) is 11.8. The lowest BCUT2D eigenvalue weighted by molar-refractivity contribution is -0.122. The average Bonchev–Trinajstić information content (AvgIpc) is 2.98. The number of aryl methyl sites for hydroxylation is 1. The highest BCUT2D eigenvalue weighted by Crippen LogP contribution is 2.17. The van der Waals surface area contributed by atoms with Gasteiger partial charge in [0.2, 0.25) is 5.91 Å². The molecule has 1 fully saturated rings. The summed E-state index contributed by atoms with van der Waals surface area (Å²) in [6.07, 6.45) is 7.73. The molecule has 0 spiro atoms. The highest BCUT2D eigenvalue weighted by atomic mass is 16.2. The molecule has 100 valence electrons. The van der Waals surface area contributed by atoms with Gasteiger partial charge >= 0.3 is 0 Å². The van der Waals surface area contributed by atoms with Gasteiger partial charge in [-0.3, -0.25) is 4.79 Å². The molecule has 0 saturated heterocycles. The third-order valence-electron chi connectivity index (χ3n) is 3.20. The van der Waals surface area contributed by atoms with Gasteiger partial charge in [-0.05, 0) is 25.7 Å². The number of aliphatic hydroxyl groups excluding tert-OH is 1. The Morgan fingerprint density at radius 2 is 2.28 bits per heavy atom. The highest BCUT2D eigenvalue weighted by Gasteiger charge is 2.17. The van der Waals surface area contributed by atoms with Crippen LogP contribution in [0.5, 0.6) is 0 Å². The number of amides is 1. The Balaban J connectivity index is 1.77. The Morgan fingerprint density at radius 3 is 3.00 bits per heavy atom. The molecular weight excluding hydrogens is 232 g/mol. The first-order chi connectivity index (χ1) is 8.78. The normalized spacial score (nSPS) is 16.1. The van der Waals surface area contributed by atoms with E-state index >= 15 is 0 Å². The third-order valence-corrected chi connectivity index (χ3v) is 3.20. The first kappa shape index (κ1) is 13.0. The molecule has 0 aliphatic heterocycles. The van der Waals surface area contributed by atoms with E-state index in [1.54, 1.807) is 10.9 Å². The van der Waals surface area contributed by atoms with Gasteiger partial charge in [-0.2, -0.15) is 0 Å². The standard InChI is InChI=1S/C12H20N4O2/c17-7-3-6-11-8-16(15-14-11)9-12(18)13-10-4-1-2-5-10/h8,10,17H,1-7,9H2,(H,13,18). The van der Waals surface area contributed by atoms with Crippen molar-refractivity contribution in [2.24, 2.45) is 0 Å². The largest absolute Gasteiger partial charge is 0.396 e. The van der Waals surface area contributed by atoms with Crippen molar-refractivity contribution in [3.63, 3.8) is 0 Å². The Bertz CT molecular complexity index is 385. The lowest BCUT2D eigenvalue weighted by atomic mass is 10.2. The van der Waals surface area contributed by atoms with Crippen LogP contribution in [0, 0.1) is 0 Å². The van der Waals surface area contributed by atoms with E-state index in [0.29, 0.717) is 18.9 Å².